The third-order valence-corrected chi connectivity index (χ3v) is 2.88. The molecule has 0 bridgehead atoms. The molecule has 1 rings (SSSR count). The number of thiazole rings is 1. The largest absolute Gasteiger partial charge is 0.444 e. The van der Waals surface area contributed by atoms with E-state index in [1.54, 1.807) is 26.2 Å². The van der Waals surface area contributed by atoms with Crippen LogP contribution in [-0.4, -0.2) is 36.4 Å². The number of nitrogens with two attached hydrogens (primary N) is 1. The van der Waals surface area contributed by atoms with Gasteiger partial charge in [0.25, 0.3) is 5.91 Å². The second-order valence-corrected chi connectivity index (χ2v) is 5.92. The van der Waals surface area contributed by atoms with Gasteiger partial charge in [0.2, 0.25) is 0 Å². The Morgan fingerprint density at radius 3 is 2.62 bits per heavy atom. The first-order chi connectivity index (χ1) is 9.75. The summed E-state index contributed by atoms with van der Waals surface area (Å²) in [5.41, 5.74) is 5.12. The minimum atomic E-state index is -0.641. The molecule has 21 heavy (non-hydrogen) atoms. The molecule has 0 aliphatic carbocycles. The minimum absolute atomic E-state index is 0.0442. The Balaban J connectivity index is 2.64. The number of anilines is 1. The summed E-state index contributed by atoms with van der Waals surface area (Å²) in [6.07, 6.45) is 0. The summed E-state index contributed by atoms with van der Waals surface area (Å²) in [4.78, 5) is 32.1. The Labute approximate surface area is 126 Å². The minimum Gasteiger partial charge on any atom is -0.444 e. The van der Waals surface area contributed by atoms with Crippen LogP contribution in [0.25, 0.3) is 0 Å². The van der Waals surface area contributed by atoms with Crippen molar-refractivity contribution in [3.05, 3.63) is 11.1 Å². The highest BCUT2D eigenvalue weighted by Gasteiger charge is 2.24. The fraction of sp³-hybridized carbons (Fsp3) is 0.500. The highest BCUT2D eigenvalue weighted by atomic mass is 32.1. The van der Waals surface area contributed by atoms with Crippen LogP contribution in [0.4, 0.5) is 5.13 Å². The molecule has 0 saturated carbocycles. The van der Waals surface area contributed by atoms with E-state index in [4.69, 9.17) is 10.5 Å². The number of hydrogen-bond acceptors (Lipinski definition) is 8. The van der Waals surface area contributed by atoms with Crippen LogP contribution in [-0.2, 0) is 19.2 Å². The lowest BCUT2D eigenvalue weighted by Gasteiger charge is -2.16. The van der Waals surface area contributed by atoms with Gasteiger partial charge < -0.3 is 20.6 Å². The van der Waals surface area contributed by atoms with Crippen molar-refractivity contribution in [3.63, 3.8) is 0 Å². The molecule has 0 saturated heterocycles. The lowest BCUT2D eigenvalue weighted by molar-refractivity contribution is -0.154. The standard InChI is InChI=1S/C12H18N4O4S/c1-12(2,3)10(18)20-6-14-9(17)8(16-19-4)7-5-21-11(13)15-7/h5H,6H2,1-4H3,(H2,13,15)(H,14,17). The highest BCUT2D eigenvalue weighted by molar-refractivity contribution is 7.13. The first kappa shape index (κ1) is 16.9. The summed E-state index contributed by atoms with van der Waals surface area (Å²) in [6.45, 7) is 4.88. The first-order valence-electron chi connectivity index (χ1n) is 6.03. The lowest BCUT2D eigenvalue weighted by atomic mass is 9.98. The van der Waals surface area contributed by atoms with Gasteiger partial charge in [0.15, 0.2) is 17.6 Å². The molecule has 0 atom stereocenters. The van der Waals surface area contributed by atoms with Gasteiger partial charge in [-0.25, -0.2) is 4.98 Å². The number of amides is 1. The number of rotatable bonds is 5. The van der Waals surface area contributed by atoms with Gasteiger partial charge in [-0.3, -0.25) is 9.59 Å². The number of carbonyl (C=O) groups excluding carboxylic acids is 2. The van der Waals surface area contributed by atoms with Crippen LogP contribution >= 0.6 is 11.3 Å². The van der Waals surface area contributed by atoms with Gasteiger partial charge in [0.05, 0.1) is 5.41 Å². The Kier molecular flexibility index (Phi) is 5.65. The van der Waals surface area contributed by atoms with Gasteiger partial charge in [0, 0.05) is 5.38 Å². The third kappa shape index (κ3) is 5.03. The normalized spacial score (nSPS) is 11.9. The number of nitrogen functional groups attached to an aromatic ring is 1. The number of carbonyl (C=O) groups is 2. The van der Waals surface area contributed by atoms with Crippen molar-refractivity contribution in [2.24, 2.45) is 10.6 Å². The summed E-state index contributed by atoms with van der Waals surface area (Å²) in [6, 6.07) is 0. The average molecular weight is 314 g/mol. The van der Waals surface area contributed by atoms with Crippen LogP contribution in [0.3, 0.4) is 0 Å². The van der Waals surface area contributed by atoms with E-state index < -0.39 is 17.3 Å². The molecule has 3 N–H and O–H groups in total. The molecule has 0 aromatic carbocycles. The second kappa shape index (κ2) is 7.02. The van der Waals surface area contributed by atoms with Crippen LogP contribution in [0.1, 0.15) is 26.5 Å². The fourth-order valence-corrected chi connectivity index (χ4v) is 1.71. The van der Waals surface area contributed by atoms with Gasteiger partial charge in [0.1, 0.15) is 12.8 Å². The molecule has 0 aliphatic rings. The van der Waals surface area contributed by atoms with Crippen molar-refractivity contribution < 1.29 is 19.2 Å². The van der Waals surface area contributed by atoms with Gasteiger partial charge in [-0.15, -0.1) is 11.3 Å². The summed E-state index contributed by atoms with van der Waals surface area (Å²) in [7, 11) is 1.31. The highest BCUT2D eigenvalue weighted by Crippen LogP contribution is 2.15. The molecule has 0 spiro atoms. The molecular formula is C12H18N4O4S. The molecule has 0 fully saturated rings. The summed E-state index contributed by atoms with van der Waals surface area (Å²) in [5.74, 6) is -1.00. The SMILES string of the molecule is CON=C(C(=O)NCOC(=O)C(C)(C)C)c1csc(N)n1. The number of ether oxygens (including phenoxy) is 1. The first-order valence-corrected chi connectivity index (χ1v) is 6.91. The predicted octanol–water partition coefficient (Wildman–Crippen LogP) is 0.739. The van der Waals surface area contributed by atoms with E-state index in [2.05, 4.69) is 20.3 Å². The zero-order chi connectivity index (χ0) is 16.0. The maximum Gasteiger partial charge on any atom is 0.312 e. The molecule has 0 aliphatic heterocycles. The maximum absolute atomic E-state index is 12.0. The van der Waals surface area contributed by atoms with Gasteiger partial charge in [-0.1, -0.05) is 5.16 Å². The molecule has 0 unspecified atom stereocenters. The quantitative estimate of drug-likeness (QED) is 0.358. The summed E-state index contributed by atoms with van der Waals surface area (Å²) >= 11 is 1.17. The monoisotopic (exact) mass is 314 g/mol. The summed E-state index contributed by atoms with van der Waals surface area (Å²) in [5, 5.41) is 7.90. The van der Waals surface area contributed by atoms with E-state index in [0.717, 1.165) is 0 Å². The molecule has 116 valence electrons. The van der Waals surface area contributed by atoms with Crippen molar-refractivity contribution >= 4 is 34.1 Å². The van der Waals surface area contributed by atoms with Crippen molar-refractivity contribution in [2.75, 3.05) is 19.6 Å². The fourth-order valence-electron chi connectivity index (χ4n) is 1.16. The zero-order valence-electron chi connectivity index (χ0n) is 12.3. The number of esters is 1. The second-order valence-electron chi connectivity index (χ2n) is 5.03. The van der Waals surface area contributed by atoms with Gasteiger partial charge >= 0.3 is 5.97 Å². The van der Waals surface area contributed by atoms with E-state index in [-0.39, 0.29) is 12.4 Å². The molecule has 8 nitrogen and oxygen atoms in total. The Morgan fingerprint density at radius 1 is 1.48 bits per heavy atom. The van der Waals surface area contributed by atoms with Crippen molar-refractivity contribution in [1.29, 1.82) is 0 Å². The number of aromatic nitrogens is 1. The van der Waals surface area contributed by atoms with E-state index in [9.17, 15) is 9.59 Å². The van der Waals surface area contributed by atoms with Crippen molar-refractivity contribution in [1.82, 2.24) is 10.3 Å². The van der Waals surface area contributed by atoms with Crippen LogP contribution in [0.2, 0.25) is 0 Å². The lowest BCUT2D eigenvalue weighted by Crippen LogP contribution is -2.36. The molecule has 1 heterocycles. The Bertz CT molecular complexity index is 548. The van der Waals surface area contributed by atoms with Crippen LogP contribution < -0.4 is 11.1 Å². The predicted molar refractivity (Wildman–Crippen MR) is 78.6 cm³/mol. The van der Waals surface area contributed by atoms with E-state index >= 15 is 0 Å². The number of oxime groups is 1. The Hall–Kier alpha value is -2.16. The van der Waals surface area contributed by atoms with Gasteiger partial charge in [-0.2, -0.15) is 0 Å². The zero-order valence-corrected chi connectivity index (χ0v) is 13.1. The smallest absolute Gasteiger partial charge is 0.312 e. The van der Waals surface area contributed by atoms with Crippen LogP contribution in [0.15, 0.2) is 10.5 Å². The molecule has 0 radical (unpaired) electrons. The number of nitrogens with zero attached hydrogens (tertiary/aromatic N) is 2. The van der Waals surface area contributed by atoms with Crippen LogP contribution in [0, 0.1) is 5.41 Å². The average Bonchev–Trinajstić information content (AvgIpc) is 2.80. The third-order valence-electron chi connectivity index (χ3n) is 2.21. The molecule has 1 aromatic rings. The molecular weight excluding hydrogens is 296 g/mol. The Morgan fingerprint density at radius 2 is 2.14 bits per heavy atom. The number of nitrogens with one attached hydrogen (secondary N) is 1. The van der Waals surface area contributed by atoms with Crippen LogP contribution in [0.5, 0.6) is 0 Å². The topological polar surface area (TPSA) is 116 Å². The molecule has 1 aromatic heterocycles. The van der Waals surface area contributed by atoms with E-state index in [0.29, 0.717) is 10.8 Å². The van der Waals surface area contributed by atoms with E-state index in [1.165, 1.54) is 18.4 Å². The molecule has 1 amide bonds. The van der Waals surface area contributed by atoms with Crippen molar-refractivity contribution in [3.8, 4) is 0 Å². The number of hydrogen-bond donors (Lipinski definition) is 2. The van der Waals surface area contributed by atoms with Crippen molar-refractivity contribution in [2.45, 2.75) is 20.8 Å². The molecule has 9 heteroatoms. The van der Waals surface area contributed by atoms with Gasteiger partial charge in [-0.05, 0) is 20.8 Å². The maximum atomic E-state index is 12.0. The summed E-state index contributed by atoms with van der Waals surface area (Å²) < 4.78 is 4.94. The van der Waals surface area contributed by atoms with E-state index in [1.807, 2.05) is 0 Å².